The maximum absolute atomic E-state index is 4.65. The van der Waals surface area contributed by atoms with Crippen molar-refractivity contribution in [3.8, 4) is 0 Å². The summed E-state index contributed by atoms with van der Waals surface area (Å²) in [4.78, 5) is 4.65. The van der Waals surface area contributed by atoms with Gasteiger partial charge in [-0.1, -0.05) is 57.2 Å². The second-order valence-corrected chi connectivity index (χ2v) is 5.50. The molecule has 1 N–H and O–H groups in total. The highest BCUT2D eigenvalue weighted by molar-refractivity contribution is 5.37. The van der Waals surface area contributed by atoms with Crippen LogP contribution in [0.3, 0.4) is 0 Å². The first-order valence-electron chi connectivity index (χ1n) is 6.31. The number of nitrogens with one attached hydrogen (secondary N) is 1. The van der Waals surface area contributed by atoms with Gasteiger partial charge in [-0.25, -0.2) is 4.98 Å². The molecule has 0 aliphatic heterocycles. The summed E-state index contributed by atoms with van der Waals surface area (Å²) in [5.74, 6) is 0.936. The Kier molecular flexibility index (Phi) is 3.66. The molecule has 2 heteroatoms. The molecule has 0 spiro atoms. The molecule has 18 heavy (non-hydrogen) atoms. The lowest BCUT2D eigenvalue weighted by molar-refractivity contribution is 0.569. The Hall–Kier alpha value is -1.83. The molecule has 0 saturated carbocycles. The molecule has 1 aromatic carbocycles. The fraction of sp³-hybridized carbons (Fsp3) is 0.312. The predicted molar refractivity (Wildman–Crippen MR) is 76.7 cm³/mol. The van der Waals surface area contributed by atoms with Crippen molar-refractivity contribution in [3.05, 3.63) is 59.8 Å². The van der Waals surface area contributed by atoms with Gasteiger partial charge in [-0.3, -0.25) is 0 Å². The largest absolute Gasteiger partial charge is 0.366 e. The summed E-state index contributed by atoms with van der Waals surface area (Å²) in [5.41, 5.74) is 2.46. The highest BCUT2D eigenvalue weighted by Gasteiger charge is 2.15. The van der Waals surface area contributed by atoms with Gasteiger partial charge in [0.05, 0.1) is 0 Å². The van der Waals surface area contributed by atoms with Crippen LogP contribution in [-0.2, 0) is 12.0 Å². The van der Waals surface area contributed by atoms with Gasteiger partial charge in [-0.05, 0) is 17.7 Å². The first-order valence-corrected chi connectivity index (χ1v) is 6.31. The van der Waals surface area contributed by atoms with E-state index in [-0.39, 0.29) is 5.41 Å². The van der Waals surface area contributed by atoms with Gasteiger partial charge in [0.25, 0.3) is 0 Å². The van der Waals surface area contributed by atoms with E-state index in [1.807, 2.05) is 12.1 Å². The number of nitrogens with zero attached hydrogens (tertiary/aromatic N) is 1. The minimum absolute atomic E-state index is 0.0877. The number of anilines is 1. The fourth-order valence-electron chi connectivity index (χ4n) is 1.74. The molecule has 0 atom stereocenters. The predicted octanol–water partition coefficient (Wildman–Crippen LogP) is 3.99. The van der Waals surface area contributed by atoms with Crippen LogP contribution < -0.4 is 5.32 Å². The molecule has 0 amide bonds. The van der Waals surface area contributed by atoms with Crippen LogP contribution in [0.4, 0.5) is 5.82 Å². The second-order valence-electron chi connectivity index (χ2n) is 5.50. The van der Waals surface area contributed by atoms with Crippen LogP contribution in [-0.4, -0.2) is 4.98 Å². The average Bonchev–Trinajstić information content (AvgIpc) is 2.37. The molecular formula is C16H20N2. The number of aromatic nitrogens is 1. The summed E-state index contributed by atoms with van der Waals surface area (Å²) in [7, 11) is 0. The zero-order valence-electron chi connectivity index (χ0n) is 11.3. The molecule has 94 valence electrons. The third-order valence-electron chi connectivity index (χ3n) is 2.83. The van der Waals surface area contributed by atoms with Crippen molar-refractivity contribution in [1.82, 2.24) is 4.98 Å². The van der Waals surface area contributed by atoms with Crippen molar-refractivity contribution in [2.45, 2.75) is 32.7 Å². The van der Waals surface area contributed by atoms with Crippen LogP contribution >= 0.6 is 0 Å². The molecule has 0 saturated heterocycles. The maximum atomic E-state index is 4.65. The SMILES string of the molecule is CC(C)(C)c1cccc(NCc2ccccc2)n1. The van der Waals surface area contributed by atoms with E-state index >= 15 is 0 Å². The van der Waals surface area contributed by atoms with Crippen molar-refractivity contribution < 1.29 is 0 Å². The number of benzene rings is 1. The Balaban J connectivity index is 2.06. The number of hydrogen-bond donors (Lipinski definition) is 1. The van der Waals surface area contributed by atoms with E-state index in [1.54, 1.807) is 0 Å². The first-order chi connectivity index (χ1) is 8.55. The zero-order valence-corrected chi connectivity index (χ0v) is 11.3. The van der Waals surface area contributed by atoms with Gasteiger partial charge in [0.2, 0.25) is 0 Å². The lowest BCUT2D eigenvalue weighted by Crippen LogP contribution is -2.14. The molecule has 0 unspecified atom stereocenters. The van der Waals surface area contributed by atoms with E-state index < -0.39 is 0 Å². The number of rotatable bonds is 3. The lowest BCUT2D eigenvalue weighted by atomic mass is 9.92. The van der Waals surface area contributed by atoms with E-state index in [4.69, 9.17) is 0 Å². The molecule has 0 bridgehead atoms. The van der Waals surface area contributed by atoms with Crippen LogP contribution in [0.2, 0.25) is 0 Å². The maximum Gasteiger partial charge on any atom is 0.126 e. The van der Waals surface area contributed by atoms with Gasteiger partial charge in [0.15, 0.2) is 0 Å². The average molecular weight is 240 g/mol. The number of hydrogen-bond acceptors (Lipinski definition) is 2. The van der Waals surface area contributed by atoms with Crippen LogP contribution in [0, 0.1) is 0 Å². The van der Waals surface area contributed by atoms with E-state index in [0.717, 1.165) is 18.1 Å². The minimum Gasteiger partial charge on any atom is -0.366 e. The van der Waals surface area contributed by atoms with Gasteiger partial charge < -0.3 is 5.32 Å². The monoisotopic (exact) mass is 240 g/mol. The summed E-state index contributed by atoms with van der Waals surface area (Å²) >= 11 is 0. The summed E-state index contributed by atoms with van der Waals surface area (Å²) in [6, 6.07) is 16.5. The van der Waals surface area contributed by atoms with E-state index in [0.29, 0.717) is 0 Å². The van der Waals surface area contributed by atoms with Gasteiger partial charge in [0.1, 0.15) is 5.82 Å². The first kappa shape index (κ1) is 12.6. The molecule has 1 heterocycles. The zero-order chi connectivity index (χ0) is 13.0. The molecule has 0 aliphatic carbocycles. The van der Waals surface area contributed by atoms with Gasteiger partial charge >= 0.3 is 0 Å². The highest BCUT2D eigenvalue weighted by Crippen LogP contribution is 2.21. The molecule has 0 radical (unpaired) electrons. The molecular weight excluding hydrogens is 220 g/mol. The van der Waals surface area contributed by atoms with Gasteiger partial charge in [-0.2, -0.15) is 0 Å². The topological polar surface area (TPSA) is 24.9 Å². The second kappa shape index (κ2) is 5.21. The van der Waals surface area contributed by atoms with Crippen molar-refractivity contribution in [3.63, 3.8) is 0 Å². The third kappa shape index (κ3) is 3.33. The Labute approximate surface area is 109 Å². The quantitative estimate of drug-likeness (QED) is 0.877. The van der Waals surface area contributed by atoms with Crippen molar-refractivity contribution in [1.29, 1.82) is 0 Å². The molecule has 1 aromatic heterocycles. The molecule has 2 nitrogen and oxygen atoms in total. The Bertz CT molecular complexity index is 498. The van der Waals surface area contributed by atoms with Gasteiger partial charge in [-0.15, -0.1) is 0 Å². The summed E-state index contributed by atoms with van der Waals surface area (Å²) in [6.45, 7) is 7.34. The molecule has 2 rings (SSSR count). The highest BCUT2D eigenvalue weighted by atomic mass is 15.0. The molecule has 0 fully saturated rings. The van der Waals surface area contributed by atoms with Gasteiger partial charge in [0, 0.05) is 17.7 Å². The normalized spacial score (nSPS) is 11.3. The smallest absolute Gasteiger partial charge is 0.126 e. The van der Waals surface area contributed by atoms with E-state index in [1.165, 1.54) is 5.56 Å². The van der Waals surface area contributed by atoms with E-state index in [2.05, 4.69) is 67.5 Å². The molecule has 2 aromatic rings. The van der Waals surface area contributed by atoms with E-state index in [9.17, 15) is 0 Å². The minimum atomic E-state index is 0.0877. The van der Waals surface area contributed by atoms with Crippen LogP contribution in [0.15, 0.2) is 48.5 Å². The van der Waals surface area contributed by atoms with Crippen molar-refractivity contribution in [2.24, 2.45) is 0 Å². The Morgan fingerprint density at radius 3 is 2.33 bits per heavy atom. The standard InChI is InChI=1S/C16H20N2/c1-16(2,3)14-10-7-11-15(18-14)17-12-13-8-5-4-6-9-13/h4-11H,12H2,1-3H3,(H,17,18). The Morgan fingerprint density at radius 1 is 0.944 bits per heavy atom. The summed E-state index contributed by atoms with van der Waals surface area (Å²) in [5, 5.41) is 3.36. The van der Waals surface area contributed by atoms with Crippen LogP contribution in [0.25, 0.3) is 0 Å². The Morgan fingerprint density at radius 2 is 1.67 bits per heavy atom. The fourth-order valence-corrected chi connectivity index (χ4v) is 1.74. The van der Waals surface area contributed by atoms with Crippen LogP contribution in [0.1, 0.15) is 32.0 Å². The van der Waals surface area contributed by atoms with Crippen molar-refractivity contribution >= 4 is 5.82 Å². The van der Waals surface area contributed by atoms with Crippen LogP contribution in [0.5, 0.6) is 0 Å². The third-order valence-corrected chi connectivity index (χ3v) is 2.83. The lowest BCUT2D eigenvalue weighted by Gasteiger charge is -2.18. The molecule has 0 aliphatic rings. The summed E-state index contributed by atoms with van der Waals surface area (Å²) in [6.07, 6.45) is 0. The summed E-state index contributed by atoms with van der Waals surface area (Å²) < 4.78 is 0. The number of pyridine rings is 1. The van der Waals surface area contributed by atoms with Crippen molar-refractivity contribution in [2.75, 3.05) is 5.32 Å².